The molecule has 1 aliphatic rings. The van der Waals surface area contributed by atoms with Crippen LogP contribution in [-0.2, 0) is 14.8 Å². The molecule has 0 radical (unpaired) electrons. The summed E-state index contributed by atoms with van der Waals surface area (Å²) in [6, 6.07) is 9.45. The summed E-state index contributed by atoms with van der Waals surface area (Å²) in [4.78, 5) is 11.2. The lowest BCUT2D eigenvalue weighted by Crippen LogP contribution is -2.51. The summed E-state index contributed by atoms with van der Waals surface area (Å²) in [5, 5.41) is 8.63. The van der Waals surface area contributed by atoms with Crippen molar-refractivity contribution < 1.29 is 18.3 Å². The number of hydrogen-bond acceptors (Lipinski definition) is 3. The molecule has 2 atom stereocenters. The van der Waals surface area contributed by atoms with Crippen LogP contribution in [0.15, 0.2) is 30.3 Å². The van der Waals surface area contributed by atoms with E-state index in [4.69, 9.17) is 5.11 Å². The third kappa shape index (κ3) is 2.45. The summed E-state index contributed by atoms with van der Waals surface area (Å²) in [7, 11) is -2.28. The molecule has 1 N–H and O–H groups in total. The first kappa shape index (κ1) is 15.0. The van der Waals surface area contributed by atoms with Crippen LogP contribution < -0.4 is 0 Å². The van der Waals surface area contributed by atoms with Crippen molar-refractivity contribution in [3.8, 4) is 0 Å². The zero-order valence-corrected chi connectivity index (χ0v) is 12.6. The lowest BCUT2D eigenvalue weighted by molar-refractivity contribution is -0.145. The Morgan fingerprint density at radius 2 is 1.85 bits per heavy atom. The average Bonchev–Trinajstić information content (AvgIpc) is 3.19. The highest BCUT2D eigenvalue weighted by molar-refractivity contribution is 7.90. The van der Waals surface area contributed by atoms with Gasteiger partial charge in [-0.3, -0.25) is 4.79 Å². The maximum atomic E-state index is 12.5. The van der Waals surface area contributed by atoms with Gasteiger partial charge in [-0.05, 0) is 25.8 Å². The molecule has 1 aliphatic carbocycles. The molecule has 2 unspecified atom stereocenters. The number of likely N-dealkylation sites (N-methyl/N-ethyl adjacent to an activating group) is 1. The first-order chi connectivity index (χ1) is 9.19. The number of carboxylic acids is 1. The van der Waals surface area contributed by atoms with Crippen molar-refractivity contribution in [2.75, 3.05) is 7.05 Å². The van der Waals surface area contributed by atoms with E-state index in [1.165, 1.54) is 20.9 Å². The average molecular weight is 297 g/mol. The van der Waals surface area contributed by atoms with Gasteiger partial charge >= 0.3 is 5.97 Å². The van der Waals surface area contributed by atoms with Crippen molar-refractivity contribution in [2.45, 2.75) is 37.0 Å². The topological polar surface area (TPSA) is 74.7 Å². The van der Waals surface area contributed by atoms with Gasteiger partial charge in [0.1, 0.15) is 5.54 Å². The van der Waals surface area contributed by atoms with Gasteiger partial charge in [-0.25, -0.2) is 8.42 Å². The van der Waals surface area contributed by atoms with Crippen LogP contribution in [0.2, 0.25) is 0 Å². The highest BCUT2D eigenvalue weighted by atomic mass is 32.2. The molecule has 0 saturated heterocycles. The largest absolute Gasteiger partial charge is 0.480 e. The fraction of sp³-hybridized carbons (Fsp3) is 0.500. The minimum absolute atomic E-state index is 0.0340. The summed E-state index contributed by atoms with van der Waals surface area (Å²) in [5.41, 5.74) is -0.453. The monoisotopic (exact) mass is 297 g/mol. The van der Waals surface area contributed by atoms with E-state index < -0.39 is 26.8 Å². The molecule has 1 aromatic rings. The third-order valence-electron chi connectivity index (χ3n) is 4.03. The number of aliphatic carboxylic acids is 1. The highest BCUT2D eigenvalue weighted by Crippen LogP contribution is 2.47. The zero-order valence-electron chi connectivity index (χ0n) is 11.8. The van der Waals surface area contributed by atoms with Crippen LogP contribution >= 0.6 is 0 Å². The second-order valence-corrected chi connectivity index (χ2v) is 7.85. The number of nitrogens with zero attached hydrogens (tertiary/aromatic N) is 1. The lowest BCUT2D eigenvalue weighted by Gasteiger charge is -2.30. The summed E-state index contributed by atoms with van der Waals surface area (Å²) in [6.45, 7) is 2.79. The molecule has 5 nitrogen and oxygen atoms in total. The van der Waals surface area contributed by atoms with E-state index >= 15 is 0 Å². The zero-order chi connectivity index (χ0) is 15.1. The minimum Gasteiger partial charge on any atom is -0.480 e. The molecule has 0 heterocycles. The predicted octanol–water partition coefficient (Wildman–Crippen LogP) is 1.67. The summed E-state index contributed by atoms with van der Waals surface area (Å²) < 4.78 is 26.0. The molecule has 1 aromatic carbocycles. The first-order valence-corrected chi connectivity index (χ1v) is 7.95. The number of carbonyl (C=O) groups is 1. The minimum atomic E-state index is -3.61. The van der Waals surface area contributed by atoms with Gasteiger partial charge in [0.15, 0.2) is 0 Å². The van der Waals surface area contributed by atoms with Crippen molar-refractivity contribution in [1.29, 1.82) is 0 Å². The number of carboxylic acid groups (broad SMARTS) is 1. The van der Waals surface area contributed by atoms with Crippen molar-refractivity contribution in [3.05, 3.63) is 35.9 Å². The summed E-state index contributed by atoms with van der Waals surface area (Å²) >= 11 is 0. The second kappa shape index (κ2) is 4.86. The standard InChI is InChI=1S/C14H19NO4S/c1-14(2,13(16)17)15(3)20(18,19)12-9-11(12)10-7-5-4-6-8-10/h4-8,11-12H,9H2,1-3H3,(H,16,17). The fourth-order valence-electron chi connectivity index (χ4n) is 2.21. The molecule has 0 amide bonds. The lowest BCUT2D eigenvalue weighted by atomic mass is 10.1. The molecule has 6 heteroatoms. The molecule has 110 valence electrons. The Hall–Kier alpha value is -1.40. The van der Waals surface area contributed by atoms with Crippen molar-refractivity contribution in [2.24, 2.45) is 0 Å². The van der Waals surface area contributed by atoms with Crippen LogP contribution in [0.5, 0.6) is 0 Å². The first-order valence-electron chi connectivity index (χ1n) is 6.45. The Labute approximate surface area is 119 Å². The van der Waals surface area contributed by atoms with Crippen LogP contribution in [0.1, 0.15) is 31.7 Å². The van der Waals surface area contributed by atoms with Crippen molar-refractivity contribution >= 4 is 16.0 Å². The fourth-order valence-corrected chi connectivity index (χ4v) is 4.35. The molecular formula is C14H19NO4S. The normalized spacial score (nSPS) is 22.8. The highest BCUT2D eigenvalue weighted by Gasteiger charge is 2.53. The Morgan fingerprint density at radius 3 is 2.35 bits per heavy atom. The Kier molecular flexibility index (Phi) is 3.64. The van der Waals surface area contributed by atoms with Crippen molar-refractivity contribution in [1.82, 2.24) is 4.31 Å². The summed E-state index contributed by atoms with van der Waals surface area (Å²) in [5.74, 6) is -1.19. The van der Waals surface area contributed by atoms with Crippen LogP contribution in [0, 0.1) is 0 Å². The van der Waals surface area contributed by atoms with Crippen LogP contribution in [0.25, 0.3) is 0 Å². The maximum Gasteiger partial charge on any atom is 0.324 e. The van der Waals surface area contributed by atoms with E-state index in [1.807, 2.05) is 30.3 Å². The number of hydrogen-bond donors (Lipinski definition) is 1. The van der Waals surface area contributed by atoms with Gasteiger partial charge in [-0.15, -0.1) is 0 Å². The molecule has 0 bridgehead atoms. The molecule has 0 spiro atoms. The Morgan fingerprint density at radius 1 is 1.30 bits per heavy atom. The number of sulfonamides is 1. The quantitative estimate of drug-likeness (QED) is 0.897. The van der Waals surface area contributed by atoms with Gasteiger partial charge < -0.3 is 5.11 Å². The number of benzene rings is 1. The summed E-state index contributed by atoms with van der Waals surface area (Å²) in [6.07, 6.45) is 0.548. The van der Waals surface area contributed by atoms with Gasteiger partial charge in [0, 0.05) is 13.0 Å². The number of rotatable bonds is 5. The van der Waals surface area contributed by atoms with E-state index in [-0.39, 0.29) is 5.92 Å². The Balaban J connectivity index is 2.20. The maximum absolute atomic E-state index is 12.5. The van der Waals surface area contributed by atoms with Gasteiger partial charge in [-0.2, -0.15) is 4.31 Å². The smallest absolute Gasteiger partial charge is 0.324 e. The van der Waals surface area contributed by atoms with Crippen molar-refractivity contribution in [3.63, 3.8) is 0 Å². The van der Waals surface area contributed by atoms with E-state index in [9.17, 15) is 13.2 Å². The van der Waals surface area contributed by atoms with E-state index in [0.717, 1.165) is 9.87 Å². The molecule has 0 aliphatic heterocycles. The Bertz CT molecular complexity index is 609. The van der Waals surface area contributed by atoms with Gasteiger partial charge in [0.25, 0.3) is 0 Å². The van der Waals surface area contributed by atoms with Gasteiger partial charge in [0.2, 0.25) is 10.0 Å². The predicted molar refractivity (Wildman–Crippen MR) is 76.0 cm³/mol. The molecule has 1 fully saturated rings. The van der Waals surface area contributed by atoms with E-state index in [0.29, 0.717) is 6.42 Å². The molecule has 2 rings (SSSR count). The third-order valence-corrected chi connectivity index (χ3v) is 6.54. The van der Waals surface area contributed by atoms with E-state index in [2.05, 4.69) is 0 Å². The van der Waals surface area contributed by atoms with Crippen LogP contribution in [0.3, 0.4) is 0 Å². The van der Waals surface area contributed by atoms with Gasteiger partial charge in [0.05, 0.1) is 5.25 Å². The van der Waals surface area contributed by atoms with Gasteiger partial charge in [-0.1, -0.05) is 30.3 Å². The molecular weight excluding hydrogens is 278 g/mol. The molecule has 20 heavy (non-hydrogen) atoms. The SMILES string of the molecule is CN(C(C)(C)C(=O)O)S(=O)(=O)C1CC1c1ccccc1. The van der Waals surface area contributed by atoms with E-state index in [1.54, 1.807) is 0 Å². The second-order valence-electron chi connectivity index (χ2n) is 5.67. The molecule has 0 aromatic heterocycles. The van der Waals surface area contributed by atoms with Crippen LogP contribution in [0.4, 0.5) is 0 Å². The molecule has 1 saturated carbocycles. The van der Waals surface area contributed by atoms with Crippen LogP contribution in [-0.4, -0.2) is 41.6 Å².